The average molecular weight is 102 g/mol. The molecule has 1 aliphatic rings. The molecule has 0 aliphatic carbocycles. The molecule has 3 heteroatoms. The van der Waals surface area contributed by atoms with E-state index in [9.17, 15) is 0 Å². The topological polar surface area (TPSA) is 49.5 Å². The van der Waals surface area contributed by atoms with E-state index in [1.807, 2.05) is 0 Å². The summed E-state index contributed by atoms with van der Waals surface area (Å²) >= 11 is 0. The van der Waals surface area contributed by atoms with Crippen molar-refractivity contribution in [3.05, 3.63) is 0 Å². The Kier molecular flexibility index (Phi) is 1.27. The Labute approximate surface area is 42.7 Å². The van der Waals surface area contributed by atoms with E-state index in [4.69, 9.17) is 10.9 Å². The highest BCUT2D eigenvalue weighted by Gasteiger charge is 2.15. The van der Waals surface area contributed by atoms with Crippen molar-refractivity contribution in [3.8, 4) is 0 Å². The first kappa shape index (κ1) is 5.03. The largest absolute Gasteiger partial charge is 0.326 e. The lowest BCUT2D eigenvalue weighted by atomic mass is 10.3. The predicted molar refractivity (Wildman–Crippen MR) is 26.0 cm³/mol. The van der Waals surface area contributed by atoms with E-state index < -0.39 is 0 Å². The molecule has 42 valence electrons. The van der Waals surface area contributed by atoms with Crippen LogP contribution in [0.2, 0.25) is 0 Å². The molecule has 1 atom stereocenters. The lowest BCUT2D eigenvalue weighted by Gasteiger charge is -2.01. The van der Waals surface area contributed by atoms with Crippen LogP contribution in [0.3, 0.4) is 0 Å². The van der Waals surface area contributed by atoms with E-state index in [0.29, 0.717) is 6.54 Å². The van der Waals surface area contributed by atoms with Crippen molar-refractivity contribution >= 4 is 0 Å². The van der Waals surface area contributed by atoms with Gasteiger partial charge >= 0.3 is 0 Å². The molecule has 0 aromatic carbocycles. The molecule has 1 unspecified atom stereocenters. The zero-order valence-electron chi connectivity index (χ0n) is 4.17. The van der Waals surface area contributed by atoms with E-state index in [-0.39, 0.29) is 6.04 Å². The lowest BCUT2D eigenvalue weighted by Crippen LogP contribution is -2.23. The Morgan fingerprint density at radius 3 is 2.57 bits per heavy atom. The lowest BCUT2D eigenvalue weighted by molar-refractivity contribution is -0.0689. The molecule has 1 saturated heterocycles. The molecular weight excluding hydrogens is 92.1 g/mol. The molecule has 0 amide bonds. The average Bonchev–Trinajstić information content (AvgIpc) is 1.87. The summed E-state index contributed by atoms with van der Waals surface area (Å²) < 4.78 is 0. The predicted octanol–water partition coefficient (Wildman–Crippen LogP) is -0.591. The van der Waals surface area contributed by atoms with Crippen molar-refractivity contribution in [2.24, 2.45) is 5.73 Å². The van der Waals surface area contributed by atoms with Gasteiger partial charge in [0, 0.05) is 19.1 Å². The maximum Gasteiger partial charge on any atom is 0.0390 e. The standard InChI is InChI=1S/C4H10N2O/c5-4-1-2-6(7)3-4/h4,7H,1-3,5H2. The van der Waals surface area contributed by atoms with Gasteiger partial charge in [0.2, 0.25) is 0 Å². The van der Waals surface area contributed by atoms with Crippen LogP contribution in [-0.4, -0.2) is 29.4 Å². The van der Waals surface area contributed by atoms with Crippen molar-refractivity contribution in [2.75, 3.05) is 13.1 Å². The van der Waals surface area contributed by atoms with Gasteiger partial charge in [-0.25, -0.2) is 0 Å². The van der Waals surface area contributed by atoms with Gasteiger partial charge in [0.15, 0.2) is 0 Å². The van der Waals surface area contributed by atoms with Crippen LogP contribution in [0.4, 0.5) is 0 Å². The van der Waals surface area contributed by atoms with Crippen molar-refractivity contribution in [1.82, 2.24) is 5.06 Å². The third-order valence-corrected chi connectivity index (χ3v) is 1.20. The molecule has 1 heterocycles. The number of hydrogen-bond acceptors (Lipinski definition) is 3. The normalized spacial score (nSPS) is 34.3. The number of hydrogen-bond donors (Lipinski definition) is 2. The van der Waals surface area contributed by atoms with Gasteiger partial charge in [-0.1, -0.05) is 0 Å². The minimum Gasteiger partial charge on any atom is -0.326 e. The fourth-order valence-electron chi connectivity index (χ4n) is 0.768. The molecule has 1 fully saturated rings. The Hall–Kier alpha value is -0.120. The van der Waals surface area contributed by atoms with Crippen LogP contribution in [0.25, 0.3) is 0 Å². The molecule has 0 radical (unpaired) electrons. The van der Waals surface area contributed by atoms with Gasteiger partial charge in [0.05, 0.1) is 0 Å². The fraction of sp³-hybridized carbons (Fsp3) is 1.00. The Morgan fingerprint density at radius 2 is 2.43 bits per heavy atom. The van der Waals surface area contributed by atoms with Gasteiger partial charge in [0.25, 0.3) is 0 Å². The maximum absolute atomic E-state index is 8.65. The van der Waals surface area contributed by atoms with Gasteiger partial charge in [-0.05, 0) is 6.42 Å². The smallest absolute Gasteiger partial charge is 0.0390 e. The monoisotopic (exact) mass is 102 g/mol. The Morgan fingerprint density at radius 1 is 1.71 bits per heavy atom. The van der Waals surface area contributed by atoms with Crippen LogP contribution in [0, 0.1) is 0 Å². The third kappa shape index (κ3) is 1.12. The molecule has 0 aromatic heterocycles. The third-order valence-electron chi connectivity index (χ3n) is 1.20. The first-order valence-electron chi connectivity index (χ1n) is 2.48. The van der Waals surface area contributed by atoms with E-state index in [1.165, 1.54) is 5.06 Å². The number of hydroxylamine groups is 2. The molecule has 0 bridgehead atoms. The van der Waals surface area contributed by atoms with Crippen molar-refractivity contribution < 1.29 is 5.21 Å². The second-order valence-electron chi connectivity index (χ2n) is 1.96. The second kappa shape index (κ2) is 1.78. The minimum atomic E-state index is 0.199. The van der Waals surface area contributed by atoms with Gasteiger partial charge in [-0.2, -0.15) is 5.06 Å². The summed E-state index contributed by atoms with van der Waals surface area (Å²) in [5.74, 6) is 0. The first-order chi connectivity index (χ1) is 3.29. The van der Waals surface area contributed by atoms with E-state index in [2.05, 4.69) is 0 Å². The van der Waals surface area contributed by atoms with E-state index in [0.717, 1.165) is 13.0 Å². The van der Waals surface area contributed by atoms with Crippen molar-refractivity contribution in [2.45, 2.75) is 12.5 Å². The number of nitrogens with two attached hydrogens (primary N) is 1. The summed E-state index contributed by atoms with van der Waals surface area (Å²) in [4.78, 5) is 0. The molecule has 7 heavy (non-hydrogen) atoms. The van der Waals surface area contributed by atoms with Gasteiger partial charge < -0.3 is 10.9 Å². The van der Waals surface area contributed by atoms with Crippen LogP contribution in [0.5, 0.6) is 0 Å². The summed E-state index contributed by atoms with van der Waals surface area (Å²) in [5.41, 5.74) is 5.42. The molecule has 1 aliphatic heterocycles. The summed E-state index contributed by atoms with van der Waals surface area (Å²) in [6.07, 6.45) is 0.927. The quantitative estimate of drug-likeness (QED) is 0.429. The molecule has 1 rings (SSSR count). The molecular formula is C4H10N2O. The zero-order chi connectivity index (χ0) is 5.28. The van der Waals surface area contributed by atoms with Gasteiger partial charge in [-0.15, -0.1) is 0 Å². The maximum atomic E-state index is 8.65. The molecule has 3 N–H and O–H groups in total. The fourth-order valence-corrected chi connectivity index (χ4v) is 0.768. The highest BCUT2D eigenvalue weighted by Crippen LogP contribution is 2.01. The highest BCUT2D eigenvalue weighted by molar-refractivity contribution is 4.71. The minimum absolute atomic E-state index is 0.199. The summed E-state index contributed by atoms with van der Waals surface area (Å²) in [6, 6.07) is 0.199. The van der Waals surface area contributed by atoms with Crippen LogP contribution in [0.15, 0.2) is 0 Å². The highest BCUT2D eigenvalue weighted by atomic mass is 16.5. The number of rotatable bonds is 0. The van der Waals surface area contributed by atoms with Crippen molar-refractivity contribution in [1.29, 1.82) is 0 Å². The molecule has 3 nitrogen and oxygen atoms in total. The zero-order valence-corrected chi connectivity index (χ0v) is 4.17. The van der Waals surface area contributed by atoms with Crippen molar-refractivity contribution in [3.63, 3.8) is 0 Å². The SMILES string of the molecule is NC1CCN(O)C1. The van der Waals surface area contributed by atoms with E-state index in [1.54, 1.807) is 0 Å². The first-order valence-corrected chi connectivity index (χ1v) is 2.48. The van der Waals surface area contributed by atoms with Gasteiger partial charge in [0.1, 0.15) is 0 Å². The van der Waals surface area contributed by atoms with Gasteiger partial charge in [-0.3, -0.25) is 0 Å². The Balaban J connectivity index is 2.26. The molecule has 0 spiro atoms. The Bertz CT molecular complexity index is 58.7. The van der Waals surface area contributed by atoms with Crippen LogP contribution >= 0.6 is 0 Å². The second-order valence-corrected chi connectivity index (χ2v) is 1.96. The summed E-state index contributed by atoms with van der Waals surface area (Å²) in [6.45, 7) is 1.38. The molecule has 0 aromatic rings. The van der Waals surface area contributed by atoms with Crippen LogP contribution in [-0.2, 0) is 0 Å². The van der Waals surface area contributed by atoms with E-state index >= 15 is 0 Å². The summed E-state index contributed by atoms with van der Waals surface area (Å²) in [7, 11) is 0. The van der Waals surface area contributed by atoms with Crippen LogP contribution < -0.4 is 5.73 Å². The van der Waals surface area contributed by atoms with Crippen LogP contribution in [0.1, 0.15) is 6.42 Å². The molecule has 0 saturated carbocycles. The summed E-state index contributed by atoms with van der Waals surface area (Å²) in [5, 5.41) is 9.91. The number of nitrogens with zero attached hydrogens (tertiary/aromatic N) is 1.